The summed E-state index contributed by atoms with van der Waals surface area (Å²) in [5.74, 6) is -0.625. The molecule has 1 aliphatic heterocycles. The number of aromatic hydroxyl groups is 1. The van der Waals surface area contributed by atoms with Gasteiger partial charge in [0, 0.05) is 6.07 Å². The summed E-state index contributed by atoms with van der Waals surface area (Å²) in [6, 6.07) is 13.4. The van der Waals surface area contributed by atoms with Crippen molar-refractivity contribution in [1.29, 1.82) is 0 Å². The quantitative estimate of drug-likeness (QED) is 0.564. The summed E-state index contributed by atoms with van der Waals surface area (Å²) in [5.41, 5.74) is 1.24. The number of thiocarbonyl (C=S) groups is 1. The first-order valence-electron chi connectivity index (χ1n) is 7.96. The van der Waals surface area contributed by atoms with Crippen molar-refractivity contribution in [3.63, 3.8) is 0 Å². The van der Waals surface area contributed by atoms with Crippen molar-refractivity contribution in [2.75, 3.05) is 11.5 Å². The van der Waals surface area contributed by atoms with E-state index in [1.807, 2.05) is 6.07 Å². The van der Waals surface area contributed by atoms with Gasteiger partial charge in [-0.15, -0.1) is 0 Å². The number of anilines is 1. The van der Waals surface area contributed by atoms with Crippen molar-refractivity contribution in [3.05, 3.63) is 59.0 Å². The highest BCUT2D eigenvalue weighted by atomic mass is 32.2. The predicted molar refractivity (Wildman–Crippen MR) is 108 cm³/mol. The molecule has 0 saturated carbocycles. The van der Waals surface area contributed by atoms with Gasteiger partial charge in [0.1, 0.15) is 11.5 Å². The molecular weight excluding hydrogens is 386 g/mol. The zero-order chi connectivity index (χ0) is 19.4. The Morgan fingerprint density at radius 2 is 2.00 bits per heavy atom. The first-order valence-corrected chi connectivity index (χ1v) is 9.18. The molecule has 2 aromatic rings. The highest BCUT2D eigenvalue weighted by Gasteiger charge is 2.33. The monoisotopic (exact) mass is 401 g/mol. The van der Waals surface area contributed by atoms with Crippen molar-refractivity contribution in [2.24, 2.45) is 0 Å². The van der Waals surface area contributed by atoms with E-state index in [0.29, 0.717) is 20.7 Å². The van der Waals surface area contributed by atoms with Crippen LogP contribution in [0, 0.1) is 0 Å². The molecule has 0 aliphatic carbocycles. The predicted octanol–water partition coefficient (Wildman–Crippen LogP) is 3.65. The number of amides is 1. The van der Waals surface area contributed by atoms with Crippen molar-refractivity contribution in [1.82, 2.24) is 0 Å². The molecule has 1 fully saturated rings. The highest BCUT2D eigenvalue weighted by Crippen LogP contribution is 2.37. The maximum Gasteiger partial charge on any atom is 0.306 e. The molecule has 1 aliphatic rings. The van der Waals surface area contributed by atoms with Crippen LogP contribution < -0.4 is 9.64 Å². The number of phenolic OH excluding ortho intramolecular Hbond substituents is 1. The van der Waals surface area contributed by atoms with E-state index in [4.69, 9.17) is 22.1 Å². The van der Waals surface area contributed by atoms with Crippen LogP contribution in [-0.2, 0) is 9.59 Å². The lowest BCUT2D eigenvalue weighted by Crippen LogP contribution is -2.27. The van der Waals surface area contributed by atoms with E-state index in [2.05, 4.69) is 0 Å². The van der Waals surface area contributed by atoms with Crippen LogP contribution in [0.15, 0.2) is 53.4 Å². The van der Waals surface area contributed by atoms with Crippen LogP contribution >= 0.6 is 24.0 Å². The van der Waals surface area contributed by atoms with Gasteiger partial charge < -0.3 is 14.9 Å². The van der Waals surface area contributed by atoms with Gasteiger partial charge in [0.15, 0.2) is 4.32 Å². The molecule has 8 heteroatoms. The van der Waals surface area contributed by atoms with E-state index >= 15 is 0 Å². The van der Waals surface area contributed by atoms with Gasteiger partial charge in [-0.05, 0) is 35.9 Å². The number of carbonyl (C=O) groups excluding carboxylic acids is 1. The molecule has 27 heavy (non-hydrogen) atoms. The zero-order valence-electron chi connectivity index (χ0n) is 14.0. The van der Waals surface area contributed by atoms with Gasteiger partial charge >= 0.3 is 5.97 Å². The number of phenols is 1. The lowest BCUT2D eigenvalue weighted by atomic mass is 10.2. The summed E-state index contributed by atoms with van der Waals surface area (Å²) in [6.07, 6.45) is 1.61. The number of carbonyl (C=O) groups is 2. The van der Waals surface area contributed by atoms with E-state index in [1.54, 1.807) is 36.4 Å². The van der Waals surface area contributed by atoms with Gasteiger partial charge in [-0.25, -0.2) is 0 Å². The van der Waals surface area contributed by atoms with Crippen LogP contribution in [0.1, 0.15) is 12.0 Å². The van der Waals surface area contributed by atoms with Crippen LogP contribution in [0.5, 0.6) is 11.5 Å². The minimum atomic E-state index is -0.929. The third-order valence-corrected chi connectivity index (χ3v) is 4.92. The van der Waals surface area contributed by atoms with Crippen LogP contribution in [0.25, 0.3) is 6.08 Å². The molecule has 0 radical (unpaired) electrons. The maximum absolute atomic E-state index is 12.7. The van der Waals surface area contributed by atoms with Gasteiger partial charge in [-0.2, -0.15) is 0 Å². The summed E-state index contributed by atoms with van der Waals surface area (Å²) in [5, 5.41) is 18.3. The third kappa shape index (κ3) is 4.66. The van der Waals surface area contributed by atoms with Crippen LogP contribution in [-0.4, -0.2) is 33.0 Å². The molecule has 0 bridgehead atoms. The molecule has 0 aromatic heterocycles. The van der Waals surface area contributed by atoms with Crippen LogP contribution in [0.2, 0.25) is 0 Å². The van der Waals surface area contributed by atoms with E-state index in [1.165, 1.54) is 28.8 Å². The number of carboxylic acid groups (broad SMARTS) is 1. The molecule has 1 heterocycles. The molecule has 6 nitrogen and oxygen atoms in total. The molecule has 0 unspecified atom stereocenters. The van der Waals surface area contributed by atoms with Gasteiger partial charge in [0.05, 0.1) is 23.6 Å². The molecular formula is C19H15NO5S2. The first-order chi connectivity index (χ1) is 12.9. The third-order valence-electron chi connectivity index (χ3n) is 3.62. The summed E-state index contributed by atoms with van der Waals surface area (Å²) in [6.45, 7) is 0.0679. The average Bonchev–Trinajstić information content (AvgIpc) is 2.88. The zero-order valence-corrected chi connectivity index (χ0v) is 15.6. The Morgan fingerprint density at radius 3 is 2.74 bits per heavy atom. The second-order valence-corrected chi connectivity index (χ2v) is 7.28. The Morgan fingerprint density at radius 1 is 1.22 bits per heavy atom. The lowest BCUT2D eigenvalue weighted by molar-refractivity contribution is -0.137. The number of hydrogen-bond donors (Lipinski definition) is 2. The lowest BCUT2D eigenvalue weighted by Gasteiger charge is -2.14. The van der Waals surface area contributed by atoms with Gasteiger partial charge in [0.25, 0.3) is 5.91 Å². The molecule has 3 rings (SSSR count). The number of ether oxygens (including phenoxy) is 1. The average molecular weight is 401 g/mol. The summed E-state index contributed by atoms with van der Waals surface area (Å²) < 4.78 is 5.79. The van der Waals surface area contributed by atoms with E-state index in [0.717, 1.165) is 5.56 Å². The van der Waals surface area contributed by atoms with Gasteiger partial charge in [0.2, 0.25) is 0 Å². The second-order valence-electron chi connectivity index (χ2n) is 5.60. The van der Waals surface area contributed by atoms with Gasteiger partial charge in [-0.3, -0.25) is 14.5 Å². The minimum Gasteiger partial charge on any atom is -0.508 e. The number of benzene rings is 2. The van der Waals surface area contributed by atoms with Crippen molar-refractivity contribution in [2.45, 2.75) is 6.42 Å². The van der Waals surface area contributed by atoms with Crippen molar-refractivity contribution in [3.8, 4) is 11.5 Å². The fraction of sp³-hybridized carbons (Fsp3) is 0.105. The Hall–Kier alpha value is -2.84. The van der Waals surface area contributed by atoms with Gasteiger partial charge in [-0.1, -0.05) is 42.2 Å². The second kappa shape index (κ2) is 8.24. The fourth-order valence-corrected chi connectivity index (χ4v) is 3.72. The molecule has 0 spiro atoms. The Labute approximate surface area is 165 Å². The summed E-state index contributed by atoms with van der Waals surface area (Å²) >= 11 is 6.48. The molecule has 1 amide bonds. The molecule has 2 N–H and O–H groups in total. The number of hydrogen-bond acceptors (Lipinski definition) is 6. The Balaban J connectivity index is 1.78. The number of nitrogens with zero attached hydrogens (tertiary/aromatic N) is 1. The molecule has 1 saturated heterocycles. The Kier molecular flexibility index (Phi) is 5.78. The van der Waals surface area contributed by atoms with E-state index in [9.17, 15) is 14.7 Å². The smallest absolute Gasteiger partial charge is 0.306 e. The first kappa shape index (κ1) is 18.9. The summed E-state index contributed by atoms with van der Waals surface area (Å²) in [4.78, 5) is 25.1. The number of aliphatic carboxylic acids is 1. The number of carboxylic acids is 1. The molecule has 0 atom stereocenters. The standard InChI is InChI=1S/C19H15NO5S2/c21-14-5-2-4-13(11-14)20-18(24)16(27-19(20)26)10-12-3-1-6-15(9-12)25-8-7-17(22)23/h1-6,9-11,21H,7-8H2,(H,22,23)/b16-10+. The van der Waals surface area contributed by atoms with Crippen molar-refractivity contribution < 1.29 is 24.5 Å². The number of thioether (sulfide) groups is 1. The minimum absolute atomic E-state index is 0.0525. The SMILES string of the molecule is O=C(O)CCOc1cccc(/C=C2/SC(=S)N(c3cccc(O)c3)C2=O)c1. The van der Waals surface area contributed by atoms with Crippen LogP contribution in [0.3, 0.4) is 0 Å². The topological polar surface area (TPSA) is 87.1 Å². The van der Waals surface area contributed by atoms with Crippen molar-refractivity contribution >= 4 is 51.9 Å². The number of rotatable bonds is 6. The van der Waals surface area contributed by atoms with Crippen LogP contribution in [0.4, 0.5) is 5.69 Å². The maximum atomic E-state index is 12.7. The fourth-order valence-electron chi connectivity index (χ4n) is 2.42. The summed E-state index contributed by atoms with van der Waals surface area (Å²) in [7, 11) is 0. The molecule has 2 aromatic carbocycles. The van der Waals surface area contributed by atoms with E-state index < -0.39 is 5.97 Å². The molecule has 138 valence electrons. The Bertz CT molecular complexity index is 941. The van der Waals surface area contributed by atoms with E-state index in [-0.39, 0.29) is 24.7 Å². The highest BCUT2D eigenvalue weighted by molar-refractivity contribution is 8.27. The largest absolute Gasteiger partial charge is 0.508 e. The normalized spacial score (nSPS) is 15.4.